The second kappa shape index (κ2) is 9.19. The number of piperidine rings is 1. The number of anilines is 1. The van der Waals surface area contributed by atoms with Crippen LogP contribution in [0.4, 0.5) is 23.7 Å². The van der Waals surface area contributed by atoms with Gasteiger partial charge < -0.3 is 15.1 Å². The summed E-state index contributed by atoms with van der Waals surface area (Å²) in [6, 6.07) is 14.0. The van der Waals surface area contributed by atoms with Crippen LogP contribution in [0, 0.1) is 5.92 Å². The number of carbonyl (C=O) groups is 2. The lowest BCUT2D eigenvalue weighted by atomic mass is 9.96. The van der Waals surface area contributed by atoms with Crippen molar-refractivity contribution in [2.24, 2.45) is 5.92 Å². The molecular weight excluding hydrogens is 395 g/mol. The van der Waals surface area contributed by atoms with E-state index in [9.17, 15) is 22.8 Å². The maximum Gasteiger partial charge on any atom is 0.416 e. The second-order valence-corrected chi connectivity index (χ2v) is 7.43. The number of benzene rings is 2. The van der Waals surface area contributed by atoms with Crippen LogP contribution in [0.5, 0.6) is 0 Å². The van der Waals surface area contributed by atoms with Crippen LogP contribution in [0.1, 0.15) is 24.0 Å². The summed E-state index contributed by atoms with van der Waals surface area (Å²) in [5, 5.41) is 2.80. The Labute approximate surface area is 173 Å². The Kier molecular flexibility index (Phi) is 6.64. The first-order chi connectivity index (χ1) is 14.3. The summed E-state index contributed by atoms with van der Waals surface area (Å²) >= 11 is 0. The molecule has 0 saturated carbocycles. The summed E-state index contributed by atoms with van der Waals surface area (Å²) in [6.07, 6.45) is -3.22. The molecule has 1 aliphatic rings. The molecule has 1 aliphatic heterocycles. The molecule has 1 atom stereocenters. The Bertz CT molecular complexity index is 887. The van der Waals surface area contributed by atoms with Crippen molar-refractivity contribution in [3.8, 4) is 0 Å². The molecule has 1 heterocycles. The number of nitrogens with one attached hydrogen (secondary N) is 1. The van der Waals surface area contributed by atoms with Crippen LogP contribution in [0.25, 0.3) is 0 Å². The summed E-state index contributed by atoms with van der Waals surface area (Å²) < 4.78 is 39.7. The van der Waals surface area contributed by atoms with E-state index in [-0.39, 0.29) is 30.6 Å². The first-order valence-corrected chi connectivity index (χ1v) is 9.77. The van der Waals surface area contributed by atoms with E-state index < -0.39 is 17.7 Å². The van der Waals surface area contributed by atoms with Crippen LogP contribution in [0.2, 0.25) is 0 Å². The minimum absolute atomic E-state index is 0.0512. The van der Waals surface area contributed by atoms with E-state index in [2.05, 4.69) is 5.32 Å². The van der Waals surface area contributed by atoms with Gasteiger partial charge in [0.2, 0.25) is 5.91 Å². The Morgan fingerprint density at radius 1 is 1.10 bits per heavy atom. The van der Waals surface area contributed by atoms with Crippen LogP contribution >= 0.6 is 0 Å². The molecule has 2 aromatic carbocycles. The lowest BCUT2D eigenvalue weighted by Gasteiger charge is -2.34. The Hall–Kier alpha value is -3.03. The third-order valence-electron chi connectivity index (χ3n) is 5.19. The van der Waals surface area contributed by atoms with Gasteiger partial charge >= 0.3 is 12.2 Å². The zero-order valence-electron chi connectivity index (χ0n) is 16.7. The molecule has 0 bridgehead atoms. The summed E-state index contributed by atoms with van der Waals surface area (Å²) in [7, 11) is 1.50. The van der Waals surface area contributed by atoms with Crippen LogP contribution in [-0.4, -0.2) is 41.9 Å². The van der Waals surface area contributed by atoms with E-state index in [1.54, 1.807) is 17.0 Å². The molecular formula is C22H24F3N3O2. The van der Waals surface area contributed by atoms with Crippen molar-refractivity contribution < 1.29 is 22.8 Å². The topological polar surface area (TPSA) is 52.7 Å². The van der Waals surface area contributed by atoms with Crippen LogP contribution in [-0.2, 0) is 17.5 Å². The zero-order chi connectivity index (χ0) is 21.7. The number of hydrogen-bond acceptors (Lipinski definition) is 2. The second-order valence-electron chi connectivity index (χ2n) is 7.43. The van der Waals surface area contributed by atoms with Crippen molar-refractivity contribution in [1.29, 1.82) is 0 Å². The predicted molar refractivity (Wildman–Crippen MR) is 108 cm³/mol. The Balaban J connectivity index is 1.63. The molecule has 0 aromatic heterocycles. The van der Waals surface area contributed by atoms with Gasteiger partial charge in [-0.1, -0.05) is 36.4 Å². The molecule has 0 spiro atoms. The fourth-order valence-electron chi connectivity index (χ4n) is 3.67. The molecule has 160 valence electrons. The molecule has 1 unspecified atom stereocenters. The minimum atomic E-state index is -4.47. The van der Waals surface area contributed by atoms with Crippen molar-refractivity contribution in [1.82, 2.24) is 9.80 Å². The van der Waals surface area contributed by atoms with Gasteiger partial charge in [0.25, 0.3) is 0 Å². The number of nitrogens with zero attached hydrogens (tertiary/aromatic N) is 2. The smallest absolute Gasteiger partial charge is 0.341 e. The summed E-state index contributed by atoms with van der Waals surface area (Å²) in [5.74, 6) is -0.701. The molecule has 0 radical (unpaired) electrons. The number of hydrogen-bond donors (Lipinski definition) is 1. The number of likely N-dealkylation sites (tertiary alicyclic amines) is 1. The van der Waals surface area contributed by atoms with Gasteiger partial charge in [0.15, 0.2) is 0 Å². The first kappa shape index (κ1) is 21.7. The summed E-state index contributed by atoms with van der Waals surface area (Å²) in [4.78, 5) is 28.3. The zero-order valence-corrected chi connectivity index (χ0v) is 16.7. The Morgan fingerprint density at radius 3 is 2.47 bits per heavy atom. The lowest BCUT2D eigenvalue weighted by Crippen LogP contribution is -2.47. The van der Waals surface area contributed by atoms with Crippen molar-refractivity contribution in [3.05, 3.63) is 65.7 Å². The molecule has 3 amide bonds. The standard InChI is InChI=1S/C22H24F3N3O2/c1-27(14-16-8-5-6-12-19(16)22(23,24)25)20(29)17-9-7-13-28(15-17)21(30)26-18-10-3-2-4-11-18/h2-6,8,10-12,17H,7,9,13-15H2,1H3,(H,26,30). The first-order valence-electron chi connectivity index (χ1n) is 9.77. The normalized spacial score (nSPS) is 16.8. The largest absolute Gasteiger partial charge is 0.416 e. The van der Waals surface area contributed by atoms with Crippen LogP contribution < -0.4 is 5.32 Å². The van der Waals surface area contributed by atoms with Gasteiger partial charge in [0.05, 0.1) is 11.5 Å². The number of para-hydroxylation sites is 1. The number of rotatable bonds is 4. The van der Waals surface area contributed by atoms with E-state index in [0.717, 1.165) is 6.07 Å². The highest BCUT2D eigenvalue weighted by Crippen LogP contribution is 2.32. The van der Waals surface area contributed by atoms with Crippen molar-refractivity contribution >= 4 is 17.6 Å². The number of urea groups is 1. The van der Waals surface area contributed by atoms with E-state index in [1.165, 1.54) is 30.1 Å². The summed E-state index contributed by atoms with van der Waals surface area (Å²) in [6.45, 7) is 0.632. The Morgan fingerprint density at radius 2 is 1.77 bits per heavy atom. The van der Waals surface area contributed by atoms with E-state index in [1.807, 2.05) is 18.2 Å². The van der Waals surface area contributed by atoms with E-state index in [0.29, 0.717) is 25.1 Å². The van der Waals surface area contributed by atoms with Gasteiger partial charge in [0.1, 0.15) is 0 Å². The van der Waals surface area contributed by atoms with Gasteiger partial charge in [-0.25, -0.2) is 4.79 Å². The number of halogens is 3. The van der Waals surface area contributed by atoms with E-state index >= 15 is 0 Å². The predicted octanol–water partition coefficient (Wildman–Crippen LogP) is 4.61. The van der Waals surface area contributed by atoms with Gasteiger partial charge in [-0.05, 0) is 36.6 Å². The molecule has 2 aromatic rings. The van der Waals surface area contributed by atoms with Gasteiger partial charge in [-0.15, -0.1) is 0 Å². The van der Waals surface area contributed by atoms with Crippen molar-refractivity contribution in [2.75, 3.05) is 25.5 Å². The SMILES string of the molecule is CN(Cc1ccccc1C(F)(F)F)C(=O)C1CCCN(C(=O)Nc2ccccc2)C1. The average molecular weight is 419 g/mol. The third-order valence-corrected chi connectivity index (χ3v) is 5.19. The van der Waals surface area contributed by atoms with E-state index in [4.69, 9.17) is 0 Å². The highest BCUT2D eigenvalue weighted by molar-refractivity contribution is 5.90. The molecule has 1 fully saturated rings. The molecule has 30 heavy (non-hydrogen) atoms. The van der Waals surface area contributed by atoms with Crippen molar-refractivity contribution in [2.45, 2.75) is 25.6 Å². The maximum atomic E-state index is 13.2. The molecule has 5 nitrogen and oxygen atoms in total. The monoisotopic (exact) mass is 419 g/mol. The molecule has 3 rings (SSSR count). The fourth-order valence-corrected chi connectivity index (χ4v) is 3.67. The van der Waals surface area contributed by atoms with Gasteiger partial charge in [0, 0.05) is 32.4 Å². The van der Waals surface area contributed by atoms with Crippen molar-refractivity contribution in [3.63, 3.8) is 0 Å². The fraction of sp³-hybridized carbons (Fsp3) is 0.364. The quantitative estimate of drug-likeness (QED) is 0.787. The molecule has 0 aliphatic carbocycles. The number of amides is 3. The molecule has 1 N–H and O–H groups in total. The highest BCUT2D eigenvalue weighted by atomic mass is 19.4. The number of carbonyl (C=O) groups excluding carboxylic acids is 2. The van der Waals surface area contributed by atoms with Crippen LogP contribution in [0.15, 0.2) is 54.6 Å². The average Bonchev–Trinajstić information content (AvgIpc) is 2.73. The summed E-state index contributed by atoms with van der Waals surface area (Å²) in [5.41, 5.74) is -0.0238. The maximum absolute atomic E-state index is 13.2. The minimum Gasteiger partial charge on any atom is -0.341 e. The number of alkyl halides is 3. The lowest BCUT2D eigenvalue weighted by molar-refractivity contribution is -0.140. The molecule has 1 saturated heterocycles. The third kappa shape index (κ3) is 5.31. The van der Waals surface area contributed by atoms with Gasteiger partial charge in [-0.3, -0.25) is 4.79 Å². The van der Waals surface area contributed by atoms with Crippen LogP contribution in [0.3, 0.4) is 0 Å². The van der Waals surface area contributed by atoms with Gasteiger partial charge in [-0.2, -0.15) is 13.2 Å². The molecule has 8 heteroatoms. The highest BCUT2D eigenvalue weighted by Gasteiger charge is 2.34.